The van der Waals surface area contributed by atoms with Crippen LogP contribution >= 0.6 is 0 Å². The Balaban J connectivity index is 1.56. The van der Waals surface area contributed by atoms with Crippen LogP contribution < -0.4 is 10.1 Å². The number of aromatic nitrogens is 2. The maximum absolute atomic E-state index is 14.4. The van der Waals surface area contributed by atoms with Gasteiger partial charge in [-0.15, -0.1) is 5.10 Å². The highest BCUT2D eigenvalue weighted by molar-refractivity contribution is 6.01. The number of amides is 1. The lowest BCUT2D eigenvalue weighted by molar-refractivity contribution is -0.123. The number of hydrogen-bond acceptors (Lipinski definition) is 4. The van der Waals surface area contributed by atoms with Gasteiger partial charge < -0.3 is 15.0 Å². The van der Waals surface area contributed by atoms with Crippen molar-refractivity contribution < 1.29 is 13.9 Å². The standard InChI is InChI=1S/C32H35FN4O2/c1-22(2)30(23-9-6-5-7-10-23)31(25-14-17-28-27(21-25)32(33)36-35-28)24-12-15-26(16-13-24)39-20-19-34-18-8-11-29(38)37(3)4/h5-17,21-22,34H,18-20H2,1-4H3,(H,35,36)/b11-8+,31-30+. The Hall–Kier alpha value is -4.23. The van der Waals surface area contributed by atoms with E-state index in [-0.39, 0.29) is 11.8 Å². The van der Waals surface area contributed by atoms with Gasteiger partial charge in [-0.2, -0.15) is 4.39 Å². The molecule has 0 unspecified atom stereocenters. The van der Waals surface area contributed by atoms with E-state index in [1.54, 1.807) is 26.2 Å². The average molecular weight is 527 g/mol. The molecule has 0 radical (unpaired) electrons. The monoisotopic (exact) mass is 526 g/mol. The van der Waals surface area contributed by atoms with Gasteiger partial charge in [-0.3, -0.25) is 9.89 Å². The van der Waals surface area contributed by atoms with Crippen molar-refractivity contribution in [3.05, 3.63) is 108 Å². The number of halogens is 1. The molecule has 0 saturated carbocycles. The largest absolute Gasteiger partial charge is 0.492 e. The van der Waals surface area contributed by atoms with Crippen molar-refractivity contribution in [1.29, 1.82) is 0 Å². The number of nitrogens with one attached hydrogen (secondary N) is 2. The number of nitrogens with zero attached hydrogens (tertiary/aromatic N) is 2. The number of carbonyl (C=O) groups is 1. The maximum Gasteiger partial charge on any atom is 0.245 e. The molecule has 0 bridgehead atoms. The fraction of sp³-hybridized carbons (Fsp3) is 0.250. The van der Waals surface area contributed by atoms with Crippen LogP contribution in [-0.4, -0.2) is 54.8 Å². The highest BCUT2D eigenvalue weighted by atomic mass is 19.1. The van der Waals surface area contributed by atoms with E-state index < -0.39 is 5.95 Å². The molecular formula is C32H35FN4O2. The van der Waals surface area contributed by atoms with E-state index in [1.807, 2.05) is 48.5 Å². The van der Waals surface area contributed by atoms with Gasteiger partial charge in [0.05, 0.1) is 10.9 Å². The average Bonchev–Trinajstić information content (AvgIpc) is 3.31. The Morgan fingerprint density at radius 3 is 2.44 bits per heavy atom. The normalized spacial score (nSPS) is 12.3. The Morgan fingerprint density at radius 1 is 1.03 bits per heavy atom. The SMILES string of the molecule is CC(C)/C(=C(/c1ccc(OCCNC/C=C/C(=O)N(C)C)cc1)c1ccc2[nH]nc(F)c2c1)c1ccccc1. The molecule has 1 aromatic heterocycles. The van der Waals surface area contributed by atoms with Gasteiger partial charge >= 0.3 is 0 Å². The summed E-state index contributed by atoms with van der Waals surface area (Å²) in [5, 5.41) is 10.2. The number of benzene rings is 3. The second-order valence-electron chi connectivity index (χ2n) is 9.80. The molecule has 4 aromatic rings. The Labute approximate surface area is 229 Å². The molecule has 0 spiro atoms. The fourth-order valence-corrected chi connectivity index (χ4v) is 4.45. The van der Waals surface area contributed by atoms with E-state index in [2.05, 4.69) is 53.6 Å². The van der Waals surface area contributed by atoms with Crippen LogP contribution in [0.4, 0.5) is 4.39 Å². The van der Waals surface area contributed by atoms with Crippen LogP contribution in [0, 0.1) is 11.9 Å². The molecule has 0 atom stereocenters. The lowest BCUT2D eigenvalue weighted by Crippen LogP contribution is -2.22. The first-order valence-corrected chi connectivity index (χ1v) is 13.1. The van der Waals surface area contributed by atoms with Crippen molar-refractivity contribution in [1.82, 2.24) is 20.4 Å². The number of fused-ring (bicyclic) bond motifs is 1. The molecule has 1 amide bonds. The van der Waals surface area contributed by atoms with E-state index in [0.29, 0.717) is 30.6 Å². The summed E-state index contributed by atoms with van der Waals surface area (Å²) in [4.78, 5) is 13.1. The quantitative estimate of drug-likeness (QED) is 0.144. The maximum atomic E-state index is 14.4. The van der Waals surface area contributed by atoms with E-state index in [9.17, 15) is 9.18 Å². The third-order valence-corrected chi connectivity index (χ3v) is 6.39. The van der Waals surface area contributed by atoms with Crippen molar-refractivity contribution in [2.45, 2.75) is 13.8 Å². The molecule has 39 heavy (non-hydrogen) atoms. The first-order valence-electron chi connectivity index (χ1n) is 13.1. The molecular weight excluding hydrogens is 491 g/mol. The van der Waals surface area contributed by atoms with E-state index in [0.717, 1.165) is 28.0 Å². The summed E-state index contributed by atoms with van der Waals surface area (Å²) >= 11 is 0. The van der Waals surface area contributed by atoms with E-state index >= 15 is 0 Å². The number of aromatic amines is 1. The lowest BCUT2D eigenvalue weighted by atomic mass is 9.84. The molecule has 6 nitrogen and oxygen atoms in total. The predicted molar refractivity (Wildman–Crippen MR) is 156 cm³/mol. The molecule has 1 heterocycles. The number of H-pyrrole nitrogens is 1. The van der Waals surface area contributed by atoms with Crippen LogP contribution in [0.1, 0.15) is 30.5 Å². The molecule has 0 aliphatic heterocycles. The molecule has 4 rings (SSSR count). The predicted octanol–water partition coefficient (Wildman–Crippen LogP) is 5.93. The van der Waals surface area contributed by atoms with Gasteiger partial charge in [-0.05, 0) is 58.0 Å². The summed E-state index contributed by atoms with van der Waals surface area (Å²) in [5.41, 5.74) is 5.96. The van der Waals surface area contributed by atoms with Gasteiger partial charge in [-0.25, -0.2) is 0 Å². The Kier molecular flexibility index (Phi) is 9.28. The molecule has 2 N–H and O–H groups in total. The van der Waals surface area contributed by atoms with Gasteiger partial charge in [0.15, 0.2) is 0 Å². The zero-order valence-electron chi connectivity index (χ0n) is 22.9. The highest BCUT2D eigenvalue weighted by Gasteiger charge is 2.18. The third-order valence-electron chi connectivity index (χ3n) is 6.39. The van der Waals surface area contributed by atoms with Crippen LogP contribution in [0.5, 0.6) is 5.75 Å². The molecule has 0 fully saturated rings. The summed E-state index contributed by atoms with van der Waals surface area (Å²) < 4.78 is 20.3. The highest BCUT2D eigenvalue weighted by Crippen LogP contribution is 2.38. The second-order valence-corrected chi connectivity index (χ2v) is 9.80. The number of hydrogen-bond donors (Lipinski definition) is 2. The van der Waals surface area contributed by atoms with Crippen LogP contribution in [0.3, 0.4) is 0 Å². The second kappa shape index (κ2) is 13.0. The Morgan fingerprint density at radius 2 is 1.74 bits per heavy atom. The van der Waals surface area contributed by atoms with Crippen LogP contribution in [-0.2, 0) is 4.79 Å². The van der Waals surface area contributed by atoms with Crippen molar-refractivity contribution in [3.63, 3.8) is 0 Å². The molecule has 7 heteroatoms. The summed E-state index contributed by atoms with van der Waals surface area (Å²) in [6, 6.07) is 24.1. The van der Waals surface area contributed by atoms with Gasteiger partial charge in [0.1, 0.15) is 12.4 Å². The zero-order chi connectivity index (χ0) is 27.8. The first-order chi connectivity index (χ1) is 18.8. The summed E-state index contributed by atoms with van der Waals surface area (Å²) in [6.07, 6.45) is 3.36. The molecule has 0 saturated heterocycles. The zero-order valence-corrected chi connectivity index (χ0v) is 22.9. The fourth-order valence-electron chi connectivity index (χ4n) is 4.45. The van der Waals surface area contributed by atoms with Crippen LogP contribution in [0.15, 0.2) is 84.9 Å². The minimum atomic E-state index is -0.505. The lowest BCUT2D eigenvalue weighted by Gasteiger charge is -2.21. The minimum absolute atomic E-state index is 0.0377. The Bertz CT molecular complexity index is 1450. The molecule has 0 aliphatic carbocycles. The van der Waals surface area contributed by atoms with Crippen molar-refractivity contribution in [2.75, 3.05) is 33.8 Å². The molecule has 3 aromatic carbocycles. The smallest absolute Gasteiger partial charge is 0.245 e. The minimum Gasteiger partial charge on any atom is -0.492 e. The van der Waals surface area contributed by atoms with Gasteiger partial charge in [-0.1, -0.05) is 68.5 Å². The van der Waals surface area contributed by atoms with Crippen molar-refractivity contribution in [2.24, 2.45) is 5.92 Å². The van der Waals surface area contributed by atoms with E-state index in [4.69, 9.17) is 4.74 Å². The number of likely N-dealkylation sites (N-methyl/N-ethyl adjacent to an activating group) is 1. The van der Waals surface area contributed by atoms with Crippen molar-refractivity contribution in [3.8, 4) is 5.75 Å². The number of rotatable bonds is 11. The topological polar surface area (TPSA) is 70.2 Å². The first kappa shape index (κ1) is 27.8. The summed E-state index contributed by atoms with van der Waals surface area (Å²) in [6.45, 7) is 6.09. The molecule has 0 aliphatic rings. The van der Waals surface area contributed by atoms with Gasteiger partial charge in [0, 0.05) is 33.3 Å². The van der Waals surface area contributed by atoms with E-state index in [1.165, 1.54) is 10.5 Å². The number of ether oxygens (including phenoxy) is 1. The van der Waals surface area contributed by atoms with Crippen molar-refractivity contribution >= 4 is 28.0 Å². The van der Waals surface area contributed by atoms with Crippen LogP contribution in [0.25, 0.3) is 22.0 Å². The summed E-state index contributed by atoms with van der Waals surface area (Å²) in [7, 11) is 3.45. The summed E-state index contributed by atoms with van der Waals surface area (Å²) in [5.74, 6) is 0.440. The number of carbonyl (C=O) groups excluding carboxylic acids is 1. The van der Waals surface area contributed by atoms with Gasteiger partial charge in [0.2, 0.25) is 11.9 Å². The molecule has 202 valence electrons. The number of allylic oxidation sites excluding steroid dienone is 1. The third kappa shape index (κ3) is 7.00. The van der Waals surface area contributed by atoms with Gasteiger partial charge in [0.25, 0.3) is 0 Å². The van der Waals surface area contributed by atoms with Crippen LogP contribution in [0.2, 0.25) is 0 Å².